The molecule has 1 nitrogen and oxygen atoms in total. The van der Waals surface area contributed by atoms with Crippen molar-refractivity contribution in [3.05, 3.63) is 0 Å². The molecule has 0 aliphatic carbocycles. The highest BCUT2D eigenvalue weighted by Gasteiger charge is 2.19. The molecule has 0 amide bonds. The minimum Gasteiger partial charge on any atom is -0.303 e. The quantitative estimate of drug-likeness (QED) is 0.572. The van der Waals surface area contributed by atoms with Crippen LogP contribution in [0.5, 0.6) is 0 Å². The van der Waals surface area contributed by atoms with Gasteiger partial charge in [-0.15, -0.1) is 11.6 Å². The molecule has 0 N–H and O–H groups in total. The van der Waals surface area contributed by atoms with Gasteiger partial charge in [-0.25, -0.2) is 0 Å². The fraction of sp³-hybridized carbons (Fsp3) is 1.00. The summed E-state index contributed by atoms with van der Waals surface area (Å²) in [6.07, 6.45) is 2.58. The first kappa shape index (κ1) is 8.35. The van der Waals surface area contributed by atoms with Gasteiger partial charge in [-0.1, -0.05) is 6.92 Å². The van der Waals surface area contributed by atoms with Crippen molar-refractivity contribution < 1.29 is 0 Å². The second-order valence-corrected chi connectivity index (χ2v) is 3.42. The summed E-state index contributed by atoms with van der Waals surface area (Å²) in [6, 6.07) is 0. The highest BCUT2D eigenvalue weighted by molar-refractivity contribution is 6.18. The lowest BCUT2D eigenvalue weighted by atomic mass is 10.2. The molecule has 1 atom stereocenters. The molecule has 0 aromatic rings. The second-order valence-electron chi connectivity index (χ2n) is 3.11. The minimum atomic E-state index is 0.771. The number of halogens is 1. The zero-order chi connectivity index (χ0) is 7.40. The lowest BCUT2D eigenvalue weighted by Gasteiger charge is -2.12. The Morgan fingerprint density at radius 1 is 1.60 bits per heavy atom. The van der Waals surface area contributed by atoms with E-state index in [4.69, 9.17) is 11.6 Å². The van der Waals surface area contributed by atoms with Crippen LogP contribution in [-0.4, -0.2) is 30.4 Å². The van der Waals surface area contributed by atoms with Gasteiger partial charge in [-0.2, -0.15) is 0 Å². The van der Waals surface area contributed by atoms with E-state index in [2.05, 4.69) is 11.8 Å². The zero-order valence-electron chi connectivity index (χ0n) is 6.65. The van der Waals surface area contributed by atoms with Gasteiger partial charge in [-0.3, -0.25) is 0 Å². The molecule has 1 fully saturated rings. The SMILES string of the molecule is CCCN1CCC(CCl)C1. The van der Waals surface area contributed by atoms with Crippen molar-refractivity contribution in [3.8, 4) is 0 Å². The molecule has 1 aliphatic rings. The number of hydrogen-bond acceptors (Lipinski definition) is 1. The van der Waals surface area contributed by atoms with Crippen molar-refractivity contribution in [2.24, 2.45) is 5.92 Å². The average molecular weight is 162 g/mol. The van der Waals surface area contributed by atoms with Crippen molar-refractivity contribution in [3.63, 3.8) is 0 Å². The van der Waals surface area contributed by atoms with Gasteiger partial charge in [0.25, 0.3) is 0 Å². The normalized spacial score (nSPS) is 27.6. The van der Waals surface area contributed by atoms with Crippen molar-refractivity contribution in [2.45, 2.75) is 19.8 Å². The van der Waals surface area contributed by atoms with Crippen molar-refractivity contribution in [1.29, 1.82) is 0 Å². The van der Waals surface area contributed by atoms with E-state index in [-0.39, 0.29) is 0 Å². The molecule has 2 heteroatoms. The molecule has 0 radical (unpaired) electrons. The van der Waals surface area contributed by atoms with E-state index in [0.29, 0.717) is 0 Å². The van der Waals surface area contributed by atoms with E-state index in [9.17, 15) is 0 Å². The molecule has 1 heterocycles. The molecule has 0 saturated carbocycles. The number of rotatable bonds is 3. The summed E-state index contributed by atoms with van der Waals surface area (Å²) >= 11 is 5.75. The van der Waals surface area contributed by atoms with Crippen LogP contribution in [0.1, 0.15) is 19.8 Å². The summed E-state index contributed by atoms with van der Waals surface area (Å²) in [5, 5.41) is 0. The molecule has 1 unspecified atom stereocenters. The molecule has 0 bridgehead atoms. The molecule has 10 heavy (non-hydrogen) atoms. The van der Waals surface area contributed by atoms with Crippen molar-refractivity contribution >= 4 is 11.6 Å². The summed E-state index contributed by atoms with van der Waals surface area (Å²) in [6.45, 7) is 5.99. The van der Waals surface area contributed by atoms with E-state index < -0.39 is 0 Å². The Morgan fingerprint density at radius 2 is 2.40 bits per heavy atom. The van der Waals surface area contributed by atoms with E-state index >= 15 is 0 Å². The molecule has 1 aliphatic heterocycles. The van der Waals surface area contributed by atoms with Gasteiger partial charge in [-0.05, 0) is 31.8 Å². The Kier molecular flexibility index (Phi) is 3.50. The Bertz CT molecular complexity index is 95.3. The topological polar surface area (TPSA) is 3.24 Å². The number of hydrogen-bond donors (Lipinski definition) is 0. The van der Waals surface area contributed by atoms with E-state index in [1.54, 1.807) is 0 Å². The molecule has 1 rings (SSSR count). The Hall–Kier alpha value is 0.250. The first-order valence-corrected chi connectivity index (χ1v) is 4.68. The van der Waals surface area contributed by atoms with Crippen LogP contribution in [0.4, 0.5) is 0 Å². The van der Waals surface area contributed by atoms with Crippen LogP contribution >= 0.6 is 11.6 Å². The molecular formula is C8H16ClN. The van der Waals surface area contributed by atoms with Crippen LogP contribution in [0.2, 0.25) is 0 Å². The van der Waals surface area contributed by atoms with Crippen LogP contribution in [-0.2, 0) is 0 Å². The molecule has 60 valence electrons. The third-order valence-corrected chi connectivity index (χ3v) is 2.56. The van der Waals surface area contributed by atoms with Crippen LogP contribution in [0.3, 0.4) is 0 Å². The maximum absolute atomic E-state index is 5.75. The maximum Gasteiger partial charge on any atom is 0.0264 e. The molecule has 0 spiro atoms. The Morgan fingerprint density at radius 3 is 2.90 bits per heavy atom. The number of likely N-dealkylation sites (tertiary alicyclic amines) is 1. The lowest BCUT2D eigenvalue weighted by molar-refractivity contribution is 0.329. The Balaban J connectivity index is 2.15. The second kappa shape index (κ2) is 4.20. The van der Waals surface area contributed by atoms with Gasteiger partial charge in [0.15, 0.2) is 0 Å². The molecule has 0 aromatic carbocycles. The van der Waals surface area contributed by atoms with Gasteiger partial charge in [0.1, 0.15) is 0 Å². The first-order valence-electron chi connectivity index (χ1n) is 4.15. The minimum absolute atomic E-state index is 0.771. The van der Waals surface area contributed by atoms with Crippen molar-refractivity contribution in [2.75, 3.05) is 25.5 Å². The van der Waals surface area contributed by atoms with E-state index in [0.717, 1.165) is 11.8 Å². The first-order chi connectivity index (χ1) is 4.86. The maximum atomic E-state index is 5.75. The molecule has 1 saturated heterocycles. The summed E-state index contributed by atoms with van der Waals surface area (Å²) in [5.41, 5.74) is 0. The predicted molar refractivity (Wildman–Crippen MR) is 45.6 cm³/mol. The lowest BCUT2D eigenvalue weighted by Crippen LogP contribution is -2.21. The standard InChI is InChI=1S/C8H16ClN/c1-2-4-10-5-3-8(6-9)7-10/h8H,2-7H2,1H3. The van der Waals surface area contributed by atoms with Crippen LogP contribution < -0.4 is 0 Å². The van der Waals surface area contributed by atoms with E-state index in [1.807, 2.05) is 0 Å². The summed E-state index contributed by atoms with van der Waals surface area (Å²) in [4.78, 5) is 2.51. The number of nitrogens with zero attached hydrogens (tertiary/aromatic N) is 1. The smallest absolute Gasteiger partial charge is 0.0264 e. The third-order valence-electron chi connectivity index (χ3n) is 2.13. The molecular weight excluding hydrogens is 146 g/mol. The van der Waals surface area contributed by atoms with Crippen LogP contribution in [0.15, 0.2) is 0 Å². The van der Waals surface area contributed by atoms with Gasteiger partial charge >= 0.3 is 0 Å². The molecule has 0 aromatic heterocycles. The largest absolute Gasteiger partial charge is 0.303 e. The third kappa shape index (κ3) is 2.14. The predicted octanol–water partition coefficient (Wildman–Crippen LogP) is 1.96. The van der Waals surface area contributed by atoms with Gasteiger partial charge in [0.2, 0.25) is 0 Å². The van der Waals surface area contributed by atoms with E-state index in [1.165, 1.54) is 32.5 Å². The zero-order valence-corrected chi connectivity index (χ0v) is 7.40. The summed E-state index contributed by atoms with van der Waals surface area (Å²) in [7, 11) is 0. The van der Waals surface area contributed by atoms with Gasteiger partial charge in [0, 0.05) is 12.4 Å². The summed E-state index contributed by atoms with van der Waals surface area (Å²) < 4.78 is 0. The fourth-order valence-electron chi connectivity index (χ4n) is 1.56. The highest BCUT2D eigenvalue weighted by atomic mass is 35.5. The van der Waals surface area contributed by atoms with Gasteiger partial charge < -0.3 is 4.90 Å². The van der Waals surface area contributed by atoms with Gasteiger partial charge in [0.05, 0.1) is 0 Å². The van der Waals surface area contributed by atoms with Crippen LogP contribution in [0.25, 0.3) is 0 Å². The monoisotopic (exact) mass is 161 g/mol. The average Bonchev–Trinajstić information content (AvgIpc) is 2.37. The highest BCUT2D eigenvalue weighted by Crippen LogP contribution is 2.16. The van der Waals surface area contributed by atoms with Crippen LogP contribution in [0, 0.1) is 5.92 Å². The summed E-state index contributed by atoms with van der Waals surface area (Å²) in [5.74, 6) is 1.62. The fourth-order valence-corrected chi connectivity index (χ4v) is 1.81. The van der Waals surface area contributed by atoms with Crippen molar-refractivity contribution in [1.82, 2.24) is 4.90 Å². The Labute approximate surface area is 68.4 Å². The number of alkyl halides is 1.